The second-order valence-electron chi connectivity index (χ2n) is 8.38. The van der Waals surface area contributed by atoms with Gasteiger partial charge < -0.3 is 14.5 Å². The van der Waals surface area contributed by atoms with Crippen LogP contribution < -0.4 is 4.90 Å². The lowest BCUT2D eigenvalue weighted by Crippen LogP contribution is -2.36. The van der Waals surface area contributed by atoms with Gasteiger partial charge in [0.15, 0.2) is 0 Å². The molecule has 4 heterocycles. The van der Waals surface area contributed by atoms with Crippen LogP contribution >= 0.6 is 23.2 Å². The summed E-state index contributed by atoms with van der Waals surface area (Å²) in [6.45, 7) is 7.69. The molecular weight excluding hydrogens is 425 g/mol. The molecule has 3 aliphatic heterocycles. The monoisotopic (exact) mass is 449 g/mol. The Morgan fingerprint density at radius 2 is 1.83 bits per heavy atom. The zero-order valence-corrected chi connectivity index (χ0v) is 18.2. The summed E-state index contributed by atoms with van der Waals surface area (Å²) < 4.78 is 6.76. The van der Waals surface area contributed by atoms with E-state index in [1.807, 2.05) is 4.90 Å². The van der Waals surface area contributed by atoms with Crippen molar-refractivity contribution in [2.24, 2.45) is 11.8 Å². The van der Waals surface area contributed by atoms with Gasteiger partial charge >= 0.3 is 6.03 Å². The molecule has 0 saturated carbocycles. The predicted octanol–water partition coefficient (Wildman–Crippen LogP) is 3.06. The van der Waals surface area contributed by atoms with Gasteiger partial charge in [0, 0.05) is 56.5 Å². The van der Waals surface area contributed by atoms with E-state index >= 15 is 0 Å². The third kappa shape index (κ3) is 4.04. The number of ether oxygens (including phenoxy) is 1. The standard InChI is InChI=1S/C21H25Cl2N5O2/c22-18-8-24-28(14-18)21(29)27-12-16-10-25(11-17(16)13-27)9-15-1-2-19(7-20(15)23)26-3-5-30-6-4-26/h1-2,7-8,14,16-17H,3-6,9-13H2. The molecule has 0 aliphatic carbocycles. The van der Waals surface area contributed by atoms with E-state index in [0.29, 0.717) is 16.9 Å². The molecule has 160 valence electrons. The van der Waals surface area contributed by atoms with Gasteiger partial charge in [0.25, 0.3) is 0 Å². The fourth-order valence-electron chi connectivity index (χ4n) is 4.85. The maximum Gasteiger partial charge on any atom is 0.344 e. The highest BCUT2D eigenvalue weighted by atomic mass is 35.5. The van der Waals surface area contributed by atoms with Crippen LogP contribution in [0.2, 0.25) is 10.0 Å². The molecule has 3 saturated heterocycles. The highest BCUT2D eigenvalue weighted by molar-refractivity contribution is 6.31. The molecule has 3 aliphatic rings. The van der Waals surface area contributed by atoms with E-state index in [4.69, 9.17) is 27.9 Å². The number of likely N-dealkylation sites (tertiary alicyclic amines) is 2. The van der Waals surface area contributed by atoms with Crippen LogP contribution in [0.1, 0.15) is 5.56 Å². The number of fused-ring (bicyclic) bond motifs is 1. The fraction of sp³-hybridized carbons (Fsp3) is 0.524. The quantitative estimate of drug-likeness (QED) is 0.720. The number of morpholine rings is 1. The third-order valence-electron chi connectivity index (χ3n) is 6.39. The maximum absolute atomic E-state index is 12.6. The minimum absolute atomic E-state index is 0.0930. The Labute approximate surface area is 186 Å². The molecule has 0 radical (unpaired) electrons. The van der Waals surface area contributed by atoms with E-state index in [0.717, 1.165) is 69.6 Å². The highest BCUT2D eigenvalue weighted by Crippen LogP contribution is 2.33. The number of hydrogen-bond donors (Lipinski definition) is 0. The summed E-state index contributed by atoms with van der Waals surface area (Å²) in [5, 5.41) is 5.33. The van der Waals surface area contributed by atoms with E-state index in [2.05, 4.69) is 33.1 Å². The molecule has 2 aromatic rings. The maximum atomic E-state index is 12.6. The van der Waals surface area contributed by atoms with E-state index in [-0.39, 0.29) is 6.03 Å². The summed E-state index contributed by atoms with van der Waals surface area (Å²) in [5.74, 6) is 0.984. The fourth-order valence-corrected chi connectivity index (χ4v) is 5.22. The minimum Gasteiger partial charge on any atom is -0.378 e. The first-order valence-electron chi connectivity index (χ1n) is 10.4. The summed E-state index contributed by atoms with van der Waals surface area (Å²) in [7, 11) is 0. The van der Waals surface area contributed by atoms with Crippen LogP contribution in [0, 0.1) is 11.8 Å². The SMILES string of the molecule is O=C(N1CC2CN(Cc3ccc(N4CCOCC4)cc3Cl)CC2C1)n1cc(Cl)cn1. The van der Waals surface area contributed by atoms with Gasteiger partial charge in [-0.05, 0) is 29.5 Å². The summed E-state index contributed by atoms with van der Waals surface area (Å²) in [5.41, 5.74) is 2.32. The first-order chi connectivity index (χ1) is 14.6. The van der Waals surface area contributed by atoms with Gasteiger partial charge in [-0.1, -0.05) is 29.3 Å². The van der Waals surface area contributed by atoms with Crippen molar-refractivity contribution < 1.29 is 9.53 Å². The second-order valence-corrected chi connectivity index (χ2v) is 9.22. The smallest absolute Gasteiger partial charge is 0.344 e. The molecule has 3 fully saturated rings. The predicted molar refractivity (Wildman–Crippen MR) is 116 cm³/mol. The van der Waals surface area contributed by atoms with Gasteiger partial charge in [-0.2, -0.15) is 9.78 Å². The van der Waals surface area contributed by atoms with E-state index in [1.165, 1.54) is 16.6 Å². The zero-order chi connectivity index (χ0) is 20.7. The summed E-state index contributed by atoms with van der Waals surface area (Å²) in [6, 6.07) is 6.30. The van der Waals surface area contributed by atoms with Gasteiger partial charge in [0.05, 0.1) is 30.6 Å². The molecule has 1 amide bonds. The Morgan fingerprint density at radius 1 is 1.10 bits per heavy atom. The number of benzene rings is 1. The summed E-state index contributed by atoms with van der Waals surface area (Å²) >= 11 is 12.5. The van der Waals surface area contributed by atoms with Crippen molar-refractivity contribution >= 4 is 34.9 Å². The van der Waals surface area contributed by atoms with Crippen molar-refractivity contribution in [3.05, 3.63) is 46.2 Å². The van der Waals surface area contributed by atoms with Crippen LogP contribution in [0.25, 0.3) is 0 Å². The Balaban J connectivity index is 1.17. The van der Waals surface area contributed by atoms with E-state index < -0.39 is 0 Å². The lowest BCUT2D eigenvalue weighted by Gasteiger charge is -2.29. The van der Waals surface area contributed by atoms with Crippen molar-refractivity contribution in [2.45, 2.75) is 6.54 Å². The molecule has 2 unspecified atom stereocenters. The number of hydrogen-bond acceptors (Lipinski definition) is 5. The third-order valence-corrected chi connectivity index (χ3v) is 6.93. The average Bonchev–Trinajstić information content (AvgIpc) is 3.44. The number of rotatable bonds is 3. The number of carbonyl (C=O) groups excluding carboxylic acids is 1. The Hall–Kier alpha value is -1.80. The van der Waals surface area contributed by atoms with Gasteiger partial charge in [0.2, 0.25) is 0 Å². The number of carbonyl (C=O) groups is 1. The van der Waals surface area contributed by atoms with E-state index in [1.54, 1.807) is 6.20 Å². The molecule has 1 aromatic heterocycles. The lowest BCUT2D eigenvalue weighted by atomic mass is 10.0. The van der Waals surface area contributed by atoms with Crippen molar-refractivity contribution in [2.75, 3.05) is 57.4 Å². The van der Waals surface area contributed by atoms with Gasteiger partial charge in [-0.3, -0.25) is 4.90 Å². The van der Waals surface area contributed by atoms with Crippen LogP contribution in [-0.2, 0) is 11.3 Å². The number of halogens is 2. The number of anilines is 1. The summed E-state index contributed by atoms with van der Waals surface area (Å²) in [4.78, 5) is 19.3. The molecule has 0 N–H and O–H groups in total. The van der Waals surface area contributed by atoms with Crippen LogP contribution in [0.15, 0.2) is 30.6 Å². The first-order valence-corrected chi connectivity index (χ1v) is 11.2. The molecular formula is C21H25Cl2N5O2. The molecule has 7 nitrogen and oxygen atoms in total. The lowest BCUT2D eigenvalue weighted by molar-refractivity contribution is 0.122. The molecule has 0 bridgehead atoms. The van der Waals surface area contributed by atoms with Crippen LogP contribution in [0.5, 0.6) is 0 Å². The molecule has 30 heavy (non-hydrogen) atoms. The normalized spacial score (nSPS) is 24.5. The van der Waals surface area contributed by atoms with Gasteiger partial charge in [-0.15, -0.1) is 0 Å². The van der Waals surface area contributed by atoms with Crippen LogP contribution in [-0.4, -0.2) is 78.1 Å². The molecule has 1 aromatic carbocycles. The molecule has 5 rings (SSSR count). The number of aromatic nitrogens is 2. The number of amides is 1. The largest absolute Gasteiger partial charge is 0.378 e. The Morgan fingerprint density at radius 3 is 2.47 bits per heavy atom. The van der Waals surface area contributed by atoms with Crippen molar-refractivity contribution in [3.8, 4) is 0 Å². The molecule has 0 spiro atoms. The Kier molecular flexibility index (Phi) is 5.62. The van der Waals surface area contributed by atoms with Crippen molar-refractivity contribution in [1.82, 2.24) is 19.6 Å². The van der Waals surface area contributed by atoms with Crippen molar-refractivity contribution in [3.63, 3.8) is 0 Å². The first kappa shape index (κ1) is 20.1. The summed E-state index contributed by atoms with van der Waals surface area (Å²) in [6.07, 6.45) is 3.05. The molecule has 9 heteroatoms. The average molecular weight is 450 g/mol. The van der Waals surface area contributed by atoms with Crippen LogP contribution in [0.4, 0.5) is 10.5 Å². The highest BCUT2D eigenvalue weighted by Gasteiger charge is 2.42. The number of nitrogens with zero attached hydrogens (tertiary/aromatic N) is 5. The Bertz CT molecular complexity index is 916. The van der Waals surface area contributed by atoms with Gasteiger partial charge in [-0.25, -0.2) is 4.79 Å². The van der Waals surface area contributed by atoms with E-state index in [9.17, 15) is 4.79 Å². The molecule has 2 atom stereocenters. The zero-order valence-electron chi connectivity index (χ0n) is 16.7. The minimum atomic E-state index is -0.0930. The van der Waals surface area contributed by atoms with Crippen molar-refractivity contribution in [1.29, 1.82) is 0 Å². The van der Waals surface area contributed by atoms with Crippen LogP contribution in [0.3, 0.4) is 0 Å². The topological polar surface area (TPSA) is 53.8 Å². The van der Waals surface area contributed by atoms with Gasteiger partial charge in [0.1, 0.15) is 0 Å². The second kappa shape index (κ2) is 8.38.